The fraction of sp³-hybridized carbons (Fsp3) is 0.130. The fourth-order valence-corrected chi connectivity index (χ4v) is 4.35. The maximum atomic E-state index is 12.5. The Hall–Kier alpha value is -1.76. The molecule has 3 aromatic rings. The largest absolute Gasteiger partial charge is 0.349 e. The first-order valence-corrected chi connectivity index (χ1v) is 11.9. The molecule has 31 heavy (non-hydrogen) atoms. The summed E-state index contributed by atoms with van der Waals surface area (Å²) in [6.45, 7) is 1.31. The average molecular weight is 510 g/mol. The lowest BCUT2D eigenvalue weighted by atomic mass is 10.2. The van der Waals surface area contributed by atoms with E-state index in [1.165, 1.54) is 11.8 Å². The third kappa shape index (κ3) is 7.13. The van der Waals surface area contributed by atoms with E-state index in [4.69, 9.17) is 47.0 Å². The molecule has 0 fully saturated rings. The highest BCUT2D eigenvalue weighted by atomic mass is 35.5. The first-order chi connectivity index (χ1) is 14.9. The summed E-state index contributed by atoms with van der Waals surface area (Å²) >= 11 is 25.1. The van der Waals surface area contributed by atoms with Gasteiger partial charge in [0.1, 0.15) is 4.32 Å². The van der Waals surface area contributed by atoms with Gasteiger partial charge in [-0.05, 0) is 23.3 Å². The Morgan fingerprint density at radius 3 is 1.94 bits per heavy atom. The van der Waals surface area contributed by atoms with Gasteiger partial charge in [-0.15, -0.1) is 0 Å². The van der Waals surface area contributed by atoms with Crippen LogP contribution in [0, 0.1) is 0 Å². The Bertz CT molecular complexity index is 1010. The molecule has 0 unspecified atom stereocenters. The van der Waals surface area contributed by atoms with Crippen molar-refractivity contribution < 1.29 is 4.79 Å². The van der Waals surface area contributed by atoms with Crippen LogP contribution in [0.2, 0.25) is 15.1 Å². The Kier molecular flexibility index (Phi) is 9.05. The SMILES string of the molecule is O=C(CSC(=S)N(Cc1ccccc1)Cc1ccccc1)Nc1ccc(Cl)c(Cl)c1Cl. The zero-order valence-corrected chi connectivity index (χ0v) is 20.3. The molecule has 8 heteroatoms. The first kappa shape index (κ1) is 23.9. The molecule has 0 aliphatic carbocycles. The Balaban J connectivity index is 1.64. The number of thiocarbonyl (C=S) groups is 1. The molecule has 0 saturated carbocycles. The number of amides is 1. The van der Waals surface area contributed by atoms with Crippen molar-refractivity contribution in [2.24, 2.45) is 0 Å². The molecule has 160 valence electrons. The molecule has 0 spiro atoms. The van der Waals surface area contributed by atoms with Gasteiger partial charge >= 0.3 is 0 Å². The lowest BCUT2D eigenvalue weighted by molar-refractivity contribution is -0.113. The van der Waals surface area contributed by atoms with Gasteiger partial charge in [-0.2, -0.15) is 0 Å². The van der Waals surface area contributed by atoms with E-state index in [9.17, 15) is 4.79 Å². The number of nitrogens with zero attached hydrogens (tertiary/aromatic N) is 1. The summed E-state index contributed by atoms with van der Waals surface area (Å²) in [6.07, 6.45) is 0. The minimum atomic E-state index is -0.230. The van der Waals surface area contributed by atoms with Crippen molar-refractivity contribution in [2.45, 2.75) is 13.1 Å². The molecular weight excluding hydrogens is 491 g/mol. The molecule has 1 amide bonds. The van der Waals surface area contributed by atoms with Gasteiger partial charge in [0.05, 0.1) is 26.5 Å². The van der Waals surface area contributed by atoms with E-state index in [1.807, 2.05) is 36.4 Å². The number of thioether (sulfide) groups is 1. The summed E-state index contributed by atoms with van der Waals surface area (Å²) in [5.74, 6) is -0.0813. The second kappa shape index (κ2) is 11.7. The van der Waals surface area contributed by atoms with Crippen LogP contribution in [0.3, 0.4) is 0 Å². The minimum absolute atomic E-state index is 0.148. The summed E-state index contributed by atoms with van der Waals surface area (Å²) in [7, 11) is 0. The van der Waals surface area contributed by atoms with E-state index in [-0.39, 0.29) is 21.7 Å². The van der Waals surface area contributed by atoms with E-state index >= 15 is 0 Å². The van der Waals surface area contributed by atoms with Gasteiger partial charge in [0.2, 0.25) is 5.91 Å². The number of hydrogen-bond donors (Lipinski definition) is 1. The maximum Gasteiger partial charge on any atom is 0.234 e. The number of carbonyl (C=O) groups excluding carboxylic acids is 1. The predicted molar refractivity (Wildman–Crippen MR) is 137 cm³/mol. The molecule has 3 nitrogen and oxygen atoms in total. The van der Waals surface area contributed by atoms with E-state index < -0.39 is 0 Å². The van der Waals surface area contributed by atoms with E-state index in [2.05, 4.69) is 34.5 Å². The number of hydrogen-bond acceptors (Lipinski definition) is 3. The van der Waals surface area contributed by atoms with E-state index in [0.717, 1.165) is 11.1 Å². The zero-order valence-electron chi connectivity index (χ0n) is 16.4. The predicted octanol–water partition coefficient (Wildman–Crippen LogP) is 7.31. The Labute approximate surface area is 206 Å². The third-order valence-corrected chi connectivity index (χ3v) is 7.14. The number of rotatable bonds is 7. The van der Waals surface area contributed by atoms with Gasteiger partial charge in [-0.25, -0.2) is 0 Å². The molecule has 0 bridgehead atoms. The topological polar surface area (TPSA) is 32.3 Å². The molecule has 0 heterocycles. The van der Waals surface area contributed by atoms with Crippen molar-refractivity contribution in [1.82, 2.24) is 4.90 Å². The third-order valence-electron chi connectivity index (χ3n) is 4.33. The Morgan fingerprint density at radius 2 is 1.39 bits per heavy atom. The van der Waals surface area contributed by atoms with Crippen LogP contribution < -0.4 is 5.32 Å². The van der Waals surface area contributed by atoms with Crippen molar-refractivity contribution in [3.63, 3.8) is 0 Å². The summed E-state index contributed by atoms with van der Waals surface area (Å²) in [4.78, 5) is 14.5. The van der Waals surface area contributed by atoms with Gasteiger partial charge in [0.25, 0.3) is 0 Å². The molecule has 0 aliphatic rings. The van der Waals surface area contributed by atoms with Gasteiger partial charge in [0, 0.05) is 13.1 Å². The highest BCUT2D eigenvalue weighted by molar-refractivity contribution is 8.23. The summed E-state index contributed by atoms with van der Waals surface area (Å²) in [6, 6.07) is 23.4. The van der Waals surface area contributed by atoms with Crippen LogP contribution in [-0.2, 0) is 17.9 Å². The molecular formula is C23H19Cl3N2OS2. The molecule has 0 atom stereocenters. The maximum absolute atomic E-state index is 12.5. The number of anilines is 1. The number of carbonyl (C=O) groups is 1. The standard InChI is InChI=1S/C23H19Cl3N2OS2/c24-18-11-12-19(22(26)21(18)25)27-20(29)15-31-23(30)28(13-16-7-3-1-4-8-16)14-17-9-5-2-6-10-17/h1-12H,13-15H2,(H,27,29). The molecule has 0 saturated heterocycles. The quantitative estimate of drug-likeness (QED) is 0.267. The normalized spacial score (nSPS) is 10.5. The van der Waals surface area contributed by atoms with Crippen molar-refractivity contribution in [3.05, 3.63) is 99.0 Å². The van der Waals surface area contributed by atoms with Gasteiger partial charge < -0.3 is 10.2 Å². The summed E-state index contributed by atoms with van der Waals surface area (Å²) in [5.41, 5.74) is 2.71. The Morgan fingerprint density at radius 1 is 0.839 bits per heavy atom. The van der Waals surface area contributed by atoms with E-state index in [0.29, 0.717) is 28.1 Å². The number of halogens is 3. The highest BCUT2D eigenvalue weighted by Gasteiger charge is 2.16. The van der Waals surface area contributed by atoms with Crippen LogP contribution in [0.15, 0.2) is 72.8 Å². The van der Waals surface area contributed by atoms with Crippen LogP contribution in [0.25, 0.3) is 0 Å². The van der Waals surface area contributed by atoms with Crippen LogP contribution in [0.4, 0.5) is 5.69 Å². The van der Waals surface area contributed by atoms with Crippen LogP contribution in [0.5, 0.6) is 0 Å². The summed E-state index contributed by atoms with van der Waals surface area (Å²) < 4.78 is 0.642. The van der Waals surface area contributed by atoms with Crippen LogP contribution in [0.1, 0.15) is 11.1 Å². The van der Waals surface area contributed by atoms with Crippen molar-refractivity contribution in [1.29, 1.82) is 0 Å². The lowest BCUT2D eigenvalue weighted by Gasteiger charge is -2.25. The number of benzene rings is 3. The summed E-state index contributed by atoms with van der Waals surface area (Å²) in [5, 5.41) is 3.51. The molecule has 1 N–H and O–H groups in total. The minimum Gasteiger partial charge on any atom is -0.349 e. The monoisotopic (exact) mass is 508 g/mol. The molecule has 3 rings (SSSR count). The molecule has 0 aliphatic heterocycles. The highest BCUT2D eigenvalue weighted by Crippen LogP contribution is 2.35. The fourth-order valence-electron chi connectivity index (χ4n) is 2.82. The van der Waals surface area contributed by atoms with Crippen molar-refractivity contribution in [3.8, 4) is 0 Å². The second-order valence-electron chi connectivity index (χ2n) is 6.65. The van der Waals surface area contributed by atoms with E-state index in [1.54, 1.807) is 12.1 Å². The average Bonchev–Trinajstić information content (AvgIpc) is 2.79. The zero-order chi connectivity index (χ0) is 22.2. The number of nitrogens with one attached hydrogen (secondary N) is 1. The molecule has 0 aromatic heterocycles. The van der Waals surface area contributed by atoms with Crippen molar-refractivity contribution >= 4 is 74.7 Å². The first-order valence-electron chi connectivity index (χ1n) is 9.37. The second-order valence-corrected chi connectivity index (χ2v) is 9.43. The van der Waals surface area contributed by atoms with Gasteiger partial charge in [0.15, 0.2) is 0 Å². The van der Waals surface area contributed by atoms with Crippen molar-refractivity contribution in [2.75, 3.05) is 11.1 Å². The van der Waals surface area contributed by atoms with Crippen LogP contribution >= 0.6 is 58.8 Å². The van der Waals surface area contributed by atoms with Gasteiger partial charge in [-0.3, -0.25) is 4.79 Å². The van der Waals surface area contributed by atoms with Gasteiger partial charge in [-0.1, -0.05) is 119 Å². The smallest absolute Gasteiger partial charge is 0.234 e. The van der Waals surface area contributed by atoms with Crippen LogP contribution in [-0.4, -0.2) is 20.9 Å². The molecule has 3 aromatic carbocycles. The molecule has 0 radical (unpaired) electrons. The lowest BCUT2D eigenvalue weighted by Crippen LogP contribution is -2.28.